The van der Waals surface area contributed by atoms with E-state index in [-0.39, 0.29) is 5.91 Å². The van der Waals surface area contributed by atoms with Crippen LogP contribution < -0.4 is 14.8 Å². The highest BCUT2D eigenvalue weighted by Crippen LogP contribution is 2.33. The minimum absolute atomic E-state index is 0.0214. The number of benzene rings is 1. The van der Waals surface area contributed by atoms with E-state index in [4.69, 9.17) is 9.47 Å². The Bertz CT molecular complexity index is 738. The molecule has 1 N–H and O–H groups in total. The van der Waals surface area contributed by atoms with Crippen molar-refractivity contribution < 1.29 is 14.3 Å². The molecule has 2 aromatic rings. The van der Waals surface area contributed by atoms with Crippen molar-refractivity contribution in [3.8, 4) is 11.5 Å². The van der Waals surface area contributed by atoms with E-state index in [1.165, 1.54) is 16.9 Å². The quantitative estimate of drug-likeness (QED) is 0.896. The number of methoxy groups -OCH3 is 2. The van der Waals surface area contributed by atoms with Crippen LogP contribution in [0.15, 0.2) is 24.3 Å². The molecule has 0 spiro atoms. The summed E-state index contributed by atoms with van der Waals surface area (Å²) in [6.45, 7) is 2.69. The fraction of sp³-hybridized carbons (Fsp3) is 0.421. The summed E-state index contributed by atoms with van der Waals surface area (Å²) < 4.78 is 10.7. The Morgan fingerprint density at radius 3 is 2.92 bits per heavy atom. The van der Waals surface area contributed by atoms with Gasteiger partial charge in [0.15, 0.2) is 11.5 Å². The van der Waals surface area contributed by atoms with E-state index >= 15 is 0 Å². The molecule has 4 nitrogen and oxygen atoms in total. The first-order valence-electron chi connectivity index (χ1n) is 8.22. The molecule has 1 aliphatic rings. The van der Waals surface area contributed by atoms with Crippen LogP contribution in [0.2, 0.25) is 0 Å². The van der Waals surface area contributed by atoms with Crippen LogP contribution in [0.4, 0.5) is 0 Å². The van der Waals surface area contributed by atoms with Gasteiger partial charge in [0.2, 0.25) is 0 Å². The maximum Gasteiger partial charge on any atom is 0.261 e. The molecule has 1 amide bonds. The Morgan fingerprint density at radius 1 is 1.33 bits per heavy atom. The second kappa shape index (κ2) is 7.26. The largest absolute Gasteiger partial charge is 0.493 e. The maximum atomic E-state index is 12.5. The Labute approximate surface area is 146 Å². The highest BCUT2D eigenvalue weighted by molar-refractivity contribution is 7.14. The zero-order chi connectivity index (χ0) is 17.1. The Morgan fingerprint density at radius 2 is 2.17 bits per heavy atom. The van der Waals surface area contributed by atoms with E-state index in [9.17, 15) is 4.79 Å². The summed E-state index contributed by atoms with van der Waals surface area (Å²) in [5, 5.41) is 3.00. The molecule has 1 unspecified atom stereocenters. The fourth-order valence-electron chi connectivity index (χ4n) is 3.17. The number of rotatable bonds is 5. The topological polar surface area (TPSA) is 47.6 Å². The second-order valence-electron chi connectivity index (χ2n) is 6.24. The molecule has 128 valence electrons. The first-order chi connectivity index (χ1) is 11.6. The molecule has 1 aliphatic carbocycles. The van der Waals surface area contributed by atoms with Crippen LogP contribution in [0.3, 0.4) is 0 Å². The number of para-hydroxylation sites is 1. The average Bonchev–Trinajstić information content (AvgIpc) is 3.02. The lowest BCUT2D eigenvalue weighted by Gasteiger charge is -2.16. The number of hydrogen-bond donors (Lipinski definition) is 1. The third-order valence-corrected chi connectivity index (χ3v) is 5.71. The van der Waals surface area contributed by atoms with E-state index in [0.717, 1.165) is 23.3 Å². The van der Waals surface area contributed by atoms with Crippen LogP contribution >= 0.6 is 11.3 Å². The fourth-order valence-corrected chi connectivity index (χ4v) is 4.30. The van der Waals surface area contributed by atoms with Crippen molar-refractivity contribution in [3.63, 3.8) is 0 Å². The zero-order valence-corrected chi connectivity index (χ0v) is 15.2. The van der Waals surface area contributed by atoms with Gasteiger partial charge in [0.25, 0.3) is 5.91 Å². The Kier molecular flexibility index (Phi) is 5.09. The van der Waals surface area contributed by atoms with Crippen LogP contribution in [0.5, 0.6) is 11.5 Å². The van der Waals surface area contributed by atoms with Gasteiger partial charge in [0, 0.05) is 17.0 Å². The van der Waals surface area contributed by atoms with Crippen LogP contribution in [-0.2, 0) is 19.4 Å². The van der Waals surface area contributed by atoms with Gasteiger partial charge in [-0.1, -0.05) is 19.1 Å². The average molecular weight is 345 g/mol. The van der Waals surface area contributed by atoms with Gasteiger partial charge in [-0.3, -0.25) is 4.79 Å². The minimum atomic E-state index is -0.0214. The molecule has 0 saturated heterocycles. The van der Waals surface area contributed by atoms with Gasteiger partial charge < -0.3 is 14.8 Å². The molecule has 5 heteroatoms. The molecule has 0 fully saturated rings. The molecule has 1 heterocycles. The van der Waals surface area contributed by atoms with Crippen LogP contribution in [-0.4, -0.2) is 20.1 Å². The van der Waals surface area contributed by atoms with Crippen molar-refractivity contribution in [2.24, 2.45) is 5.92 Å². The van der Waals surface area contributed by atoms with E-state index < -0.39 is 0 Å². The Hall–Kier alpha value is -2.01. The van der Waals surface area contributed by atoms with Crippen molar-refractivity contribution in [3.05, 3.63) is 45.1 Å². The molecule has 0 aliphatic heterocycles. The summed E-state index contributed by atoms with van der Waals surface area (Å²) in [6.07, 6.45) is 3.40. The van der Waals surface area contributed by atoms with Gasteiger partial charge in [-0.25, -0.2) is 0 Å². The SMILES string of the molecule is COc1cccc(CNC(=O)c2cc3c(s2)CCC(C)C3)c1OC. The summed E-state index contributed by atoms with van der Waals surface area (Å²) in [5.41, 5.74) is 2.25. The number of thiophene rings is 1. The highest BCUT2D eigenvalue weighted by atomic mass is 32.1. The van der Waals surface area contributed by atoms with Crippen molar-refractivity contribution in [2.45, 2.75) is 32.7 Å². The monoisotopic (exact) mass is 345 g/mol. The van der Waals surface area contributed by atoms with Crippen molar-refractivity contribution in [1.82, 2.24) is 5.32 Å². The number of fused-ring (bicyclic) bond motifs is 1. The molecule has 1 aromatic carbocycles. The van der Waals surface area contributed by atoms with Crippen LogP contribution in [0, 0.1) is 5.92 Å². The molecule has 0 radical (unpaired) electrons. The molecule has 24 heavy (non-hydrogen) atoms. The number of ether oxygens (including phenoxy) is 2. The third-order valence-electron chi connectivity index (χ3n) is 4.48. The number of carbonyl (C=O) groups is 1. The first-order valence-corrected chi connectivity index (χ1v) is 9.03. The van der Waals surface area contributed by atoms with Crippen LogP contribution in [0.1, 0.15) is 39.0 Å². The van der Waals surface area contributed by atoms with Gasteiger partial charge in [-0.15, -0.1) is 11.3 Å². The van der Waals surface area contributed by atoms with E-state index in [0.29, 0.717) is 24.0 Å². The number of aryl methyl sites for hydroxylation is 1. The summed E-state index contributed by atoms with van der Waals surface area (Å²) >= 11 is 1.63. The first kappa shape index (κ1) is 16.8. The predicted octanol–water partition coefficient (Wildman–Crippen LogP) is 3.82. The highest BCUT2D eigenvalue weighted by Gasteiger charge is 2.21. The summed E-state index contributed by atoms with van der Waals surface area (Å²) in [4.78, 5) is 14.7. The summed E-state index contributed by atoms with van der Waals surface area (Å²) in [6, 6.07) is 7.74. The Balaban J connectivity index is 1.70. The molecule has 0 saturated carbocycles. The number of amides is 1. The van der Waals surface area contributed by atoms with Crippen molar-refractivity contribution in [2.75, 3.05) is 14.2 Å². The lowest BCUT2D eigenvalue weighted by Crippen LogP contribution is -2.22. The van der Waals surface area contributed by atoms with E-state index in [1.54, 1.807) is 25.6 Å². The molecule has 1 aromatic heterocycles. The normalized spacial score (nSPS) is 16.4. The summed E-state index contributed by atoms with van der Waals surface area (Å²) in [5.74, 6) is 2.03. The molecular formula is C19H23NO3S. The van der Waals surface area contributed by atoms with Gasteiger partial charge in [-0.05, 0) is 42.9 Å². The maximum absolute atomic E-state index is 12.5. The van der Waals surface area contributed by atoms with Crippen molar-refractivity contribution >= 4 is 17.2 Å². The van der Waals surface area contributed by atoms with Gasteiger partial charge >= 0.3 is 0 Å². The number of nitrogens with one attached hydrogen (secondary N) is 1. The molecule has 1 atom stereocenters. The molecule has 3 rings (SSSR count). The standard InChI is InChI=1S/C19H23NO3S/c1-12-7-8-16-14(9-12)10-17(24-16)19(21)20-11-13-5-4-6-15(22-2)18(13)23-3/h4-6,10,12H,7-9,11H2,1-3H3,(H,20,21). The third kappa shape index (κ3) is 3.41. The number of carbonyl (C=O) groups excluding carboxylic acids is 1. The lowest BCUT2D eigenvalue weighted by molar-refractivity contribution is 0.0954. The lowest BCUT2D eigenvalue weighted by atomic mass is 9.90. The minimum Gasteiger partial charge on any atom is -0.493 e. The van der Waals surface area contributed by atoms with Crippen LogP contribution in [0.25, 0.3) is 0 Å². The van der Waals surface area contributed by atoms with E-state index in [2.05, 4.69) is 18.3 Å². The smallest absolute Gasteiger partial charge is 0.261 e. The predicted molar refractivity (Wildman–Crippen MR) is 96.2 cm³/mol. The number of hydrogen-bond acceptors (Lipinski definition) is 4. The molecule has 0 bridgehead atoms. The molecular weight excluding hydrogens is 322 g/mol. The van der Waals surface area contributed by atoms with E-state index in [1.807, 2.05) is 18.2 Å². The second-order valence-corrected chi connectivity index (χ2v) is 7.38. The van der Waals surface area contributed by atoms with Gasteiger partial charge in [0.1, 0.15) is 0 Å². The zero-order valence-electron chi connectivity index (χ0n) is 14.3. The van der Waals surface area contributed by atoms with Gasteiger partial charge in [-0.2, -0.15) is 0 Å². The van der Waals surface area contributed by atoms with Gasteiger partial charge in [0.05, 0.1) is 19.1 Å². The van der Waals surface area contributed by atoms with Crippen molar-refractivity contribution in [1.29, 1.82) is 0 Å². The summed E-state index contributed by atoms with van der Waals surface area (Å²) in [7, 11) is 3.22.